The minimum atomic E-state index is -3.45. The molecule has 1 aromatic rings. The molecule has 1 saturated heterocycles. The third-order valence-corrected chi connectivity index (χ3v) is 3.10. The molecular weight excluding hydrogens is 266 g/mol. The lowest BCUT2D eigenvalue weighted by Gasteiger charge is -2.29. The minimum Gasteiger partial charge on any atom is -0.378 e. The average Bonchev–Trinajstić information content (AvgIpc) is 2.39. The Morgan fingerprint density at radius 2 is 1.89 bits per heavy atom. The first-order chi connectivity index (χ1) is 9.04. The van der Waals surface area contributed by atoms with Gasteiger partial charge in [-0.1, -0.05) is 18.2 Å². The van der Waals surface area contributed by atoms with Gasteiger partial charge in [-0.05, 0) is 12.1 Å². The van der Waals surface area contributed by atoms with Crippen LogP contribution >= 0.6 is 0 Å². The van der Waals surface area contributed by atoms with Crippen molar-refractivity contribution in [2.45, 2.75) is 0 Å². The van der Waals surface area contributed by atoms with Gasteiger partial charge in [-0.3, -0.25) is 0 Å². The molecule has 0 aromatic heterocycles. The highest BCUT2D eigenvalue weighted by Crippen LogP contribution is 2.09. The van der Waals surface area contributed by atoms with Gasteiger partial charge in [0.15, 0.2) is 0 Å². The Labute approximate surface area is 113 Å². The monoisotopic (exact) mass is 283 g/mol. The second kappa shape index (κ2) is 6.03. The van der Waals surface area contributed by atoms with Gasteiger partial charge >= 0.3 is 0 Å². The lowest BCUT2D eigenvalue weighted by molar-refractivity contribution is 0.0681. The summed E-state index contributed by atoms with van der Waals surface area (Å²) in [4.78, 5) is 1.87. The number of morpholine rings is 1. The van der Waals surface area contributed by atoms with Gasteiger partial charge in [0.1, 0.15) is 0 Å². The number of ether oxygens (including phenoxy) is 1. The fourth-order valence-electron chi connectivity index (χ4n) is 1.74. The standard InChI is InChI=1S/C12H17N3O3S/c1-19(16,17)14-12(15-7-9-18-10-8-15)13-11-5-3-2-4-6-11/h2-6H,7-10H2,1H3,(H,13,14). The van der Waals surface area contributed by atoms with E-state index in [0.717, 1.165) is 11.9 Å². The summed E-state index contributed by atoms with van der Waals surface area (Å²) < 4.78 is 31.8. The van der Waals surface area contributed by atoms with Gasteiger partial charge in [0.25, 0.3) is 10.0 Å². The molecule has 0 amide bonds. The summed E-state index contributed by atoms with van der Waals surface area (Å²) in [5.41, 5.74) is 0.802. The topological polar surface area (TPSA) is 71.0 Å². The molecule has 0 spiro atoms. The quantitative estimate of drug-likeness (QED) is 0.640. The van der Waals surface area contributed by atoms with Crippen molar-refractivity contribution in [1.29, 1.82) is 0 Å². The SMILES string of the molecule is CS(=O)(=O)/N=C(/Nc1ccccc1)N1CCOCC1. The Hall–Kier alpha value is -1.60. The zero-order valence-electron chi connectivity index (χ0n) is 10.7. The maximum atomic E-state index is 11.4. The number of nitrogens with zero attached hydrogens (tertiary/aromatic N) is 2. The molecule has 1 aromatic carbocycles. The molecule has 0 bridgehead atoms. The summed E-state index contributed by atoms with van der Waals surface area (Å²) in [6.07, 6.45) is 1.08. The van der Waals surface area contributed by atoms with Crippen molar-refractivity contribution in [2.24, 2.45) is 4.40 Å². The van der Waals surface area contributed by atoms with E-state index in [4.69, 9.17) is 4.74 Å². The molecule has 1 aliphatic heterocycles. The number of anilines is 1. The number of benzene rings is 1. The number of hydrogen-bond donors (Lipinski definition) is 1. The van der Waals surface area contributed by atoms with Gasteiger partial charge < -0.3 is 15.0 Å². The molecule has 0 unspecified atom stereocenters. The highest BCUT2D eigenvalue weighted by molar-refractivity contribution is 7.89. The molecule has 7 heteroatoms. The van der Waals surface area contributed by atoms with Crippen LogP contribution in [0.5, 0.6) is 0 Å². The summed E-state index contributed by atoms with van der Waals surface area (Å²) in [5, 5.41) is 3.05. The third kappa shape index (κ3) is 4.53. The predicted molar refractivity (Wildman–Crippen MR) is 74.7 cm³/mol. The minimum absolute atomic E-state index is 0.344. The van der Waals surface area contributed by atoms with Crippen LogP contribution in [-0.4, -0.2) is 51.8 Å². The molecule has 0 atom stereocenters. The molecule has 1 N–H and O–H groups in total. The highest BCUT2D eigenvalue weighted by atomic mass is 32.2. The molecule has 19 heavy (non-hydrogen) atoms. The van der Waals surface area contributed by atoms with Crippen LogP contribution in [0.15, 0.2) is 34.7 Å². The van der Waals surface area contributed by atoms with E-state index in [1.54, 1.807) is 0 Å². The van der Waals surface area contributed by atoms with Crippen molar-refractivity contribution in [3.05, 3.63) is 30.3 Å². The van der Waals surface area contributed by atoms with Crippen LogP contribution in [0, 0.1) is 0 Å². The molecular formula is C12H17N3O3S. The van der Waals surface area contributed by atoms with E-state index in [1.807, 2.05) is 35.2 Å². The number of guanidine groups is 1. The van der Waals surface area contributed by atoms with Crippen LogP contribution in [-0.2, 0) is 14.8 Å². The van der Waals surface area contributed by atoms with E-state index >= 15 is 0 Å². The Morgan fingerprint density at radius 3 is 2.47 bits per heavy atom. The first-order valence-corrected chi connectivity index (χ1v) is 7.84. The summed E-state index contributed by atoms with van der Waals surface area (Å²) in [6.45, 7) is 2.38. The number of hydrogen-bond acceptors (Lipinski definition) is 3. The zero-order valence-corrected chi connectivity index (χ0v) is 11.6. The molecule has 1 aliphatic rings. The Balaban J connectivity index is 2.21. The van der Waals surface area contributed by atoms with Gasteiger partial charge in [0.05, 0.1) is 19.5 Å². The smallest absolute Gasteiger partial charge is 0.253 e. The van der Waals surface area contributed by atoms with Crippen LogP contribution in [0.1, 0.15) is 0 Å². The third-order valence-electron chi connectivity index (χ3n) is 2.59. The van der Waals surface area contributed by atoms with Crippen LogP contribution in [0.2, 0.25) is 0 Å². The fourth-order valence-corrected chi connectivity index (χ4v) is 2.22. The lowest BCUT2D eigenvalue weighted by atomic mass is 10.3. The second-order valence-corrected chi connectivity index (χ2v) is 5.89. The van der Waals surface area contributed by atoms with Crippen LogP contribution in [0.3, 0.4) is 0 Å². The maximum Gasteiger partial charge on any atom is 0.253 e. The summed E-state index contributed by atoms with van der Waals surface area (Å²) in [6, 6.07) is 9.36. The molecule has 1 heterocycles. The Kier molecular flexibility index (Phi) is 4.39. The molecule has 1 fully saturated rings. The van der Waals surface area contributed by atoms with Crippen molar-refractivity contribution in [2.75, 3.05) is 37.9 Å². The summed E-state index contributed by atoms with van der Waals surface area (Å²) in [5.74, 6) is 0.344. The molecule has 0 saturated carbocycles. The van der Waals surface area contributed by atoms with Gasteiger partial charge in [-0.15, -0.1) is 4.40 Å². The van der Waals surface area contributed by atoms with Crippen molar-refractivity contribution in [1.82, 2.24) is 4.90 Å². The average molecular weight is 283 g/mol. The van der Waals surface area contributed by atoms with Crippen molar-refractivity contribution >= 4 is 21.7 Å². The number of rotatable bonds is 2. The molecule has 6 nitrogen and oxygen atoms in total. The largest absolute Gasteiger partial charge is 0.378 e. The molecule has 0 radical (unpaired) electrons. The van der Waals surface area contributed by atoms with Gasteiger partial charge in [0, 0.05) is 18.8 Å². The van der Waals surface area contributed by atoms with Crippen molar-refractivity contribution < 1.29 is 13.2 Å². The Morgan fingerprint density at radius 1 is 1.26 bits per heavy atom. The van der Waals surface area contributed by atoms with E-state index in [9.17, 15) is 8.42 Å². The molecule has 2 rings (SSSR count). The van der Waals surface area contributed by atoms with Crippen molar-refractivity contribution in [3.63, 3.8) is 0 Å². The van der Waals surface area contributed by atoms with Crippen LogP contribution in [0.25, 0.3) is 0 Å². The van der Waals surface area contributed by atoms with E-state index in [2.05, 4.69) is 9.71 Å². The second-order valence-electron chi connectivity index (χ2n) is 4.24. The van der Waals surface area contributed by atoms with E-state index in [0.29, 0.717) is 32.3 Å². The zero-order chi connectivity index (χ0) is 13.7. The first-order valence-electron chi connectivity index (χ1n) is 5.99. The van der Waals surface area contributed by atoms with Gasteiger partial charge in [-0.25, -0.2) is 8.42 Å². The Bertz CT molecular complexity index is 537. The van der Waals surface area contributed by atoms with Crippen LogP contribution in [0.4, 0.5) is 5.69 Å². The van der Waals surface area contributed by atoms with E-state index < -0.39 is 10.0 Å². The van der Waals surface area contributed by atoms with Gasteiger partial charge in [0.2, 0.25) is 5.96 Å². The normalized spacial score (nSPS) is 17.3. The van der Waals surface area contributed by atoms with E-state index in [1.165, 1.54) is 0 Å². The number of nitrogens with one attached hydrogen (secondary N) is 1. The summed E-state index contributed by atoms with van der Waals surface area (Å²) in [7, 11) is -3.45. The summed E-state index contributed by atoms with van der Waals surface area (Å²) >= 11 is 0. The lowest BCUT2D eigenvalue weighted by Crippen LogP contribution is -2.44. The fraction of sp³-hybridized carbons (Fsp3) is 0.417. The molecule has 104 valence electrons. The van der Waals surface area contributed by atoms with E-state index in [-0.39, 0.29) is 0 Å². The van der Waals surface area contributed by atoms with Gasteiger partial charge in [-0.2, -0.15) is 0 Å². The van der Waals surface area contributed by atoms with Crippen molar-refractivity contribution in [3.8, 4) is 0 Å². The number of para-hydroxylation sites is 1. The highest BCUT2D eigenvalue weighted by Gasteiger charge is 2.17. The first kappa shape index (κ1) is 13.8. The molecule has 0 aliphatic carbocycles. The van der Waals surface area contributed by atoms with Crippen LogP contribution < -0.4 is 5.32 Å². The number of sulfonamides is 1. The maximum absolute atomic E-state index is 11.4. The predicted octanol–water partition coefficient (Wildman–Crippen LogP) is 0.746.